The Kier molecular flexibility index (Phi) is 2.48. The number of β-lactam (4-membered cyclic amide) rings is 1. The number of hydrogen-bond acceptors (Lipinski definition) is 5. The minimum atomic E-state index is -1.16. The molecule has 2 aliphatic heterocycles. The molecule has 7 heteroatoms. The highest BCUT2D eigenvalue weighted by atomic mass is 32.2. The molecule has 1 fully saturated rings. The Labute approximate surface area is 95.5 Å². The summed E-state index contributed by atoms with van der Waals surface area (Å²) in [5, 5.41) is 17.9. The van der Waals surface area contributed by atoms with E-state index in [-0.39, 0.29) is 17.0 Å². The van der Waals surface area contributed by atoms with Gasteiger partial charge in [-0.15, -0.1) is 12.6 Å². The van der Waals surface area contributed by atoms with E-state index in [2.05, 4.69) is 12.6 Å². The van der Waals surface area contributed by atoms with Gasteiger partial charge in [0.2, 0.25) is 5.91 Å². The molecule has 3 atom stereocenters. The van der Waals surface area contributed by atoms with Crippen LogP contribution in [0.15, 0.2) is 9.93 Å². The van der Waals surface area contributed by atoms with E-state index in [4.69, 9.17) is 5.11 Å². The van der Waals surface area contributed by atoms with Crippen molar-refractivity contribution in [3.63, 3.8) is 0 Å². The first-order chi connectivity index (χ1) is 6.95. The Morgan fingerprint density at radius 3 is 2.73 bits per heavy atom. The molecule has 0 radical (unpaired) electrons. The molecule has 2 heterocycles. The zero-order chi connectivity index (χ0) is 11.3. The average Bonchev–Trinajstić information content (AvgIpc) is 2.38. The Morgan fingerprint density at radius 1 is 1.67 bits per heavy atom. The van der Waals surface area contributed by atoms with Crippen molar-refractivity contribution in [2.45, 2.75) is 18.4 Å². The van der Waals surface area contributed by atoms with E-state index in [0.717, 1.165) is 0 Å². The van der Waals surface area contributed by atoms with Gasteiger partial charge in [0.15, 0.2) is 5.70 Å². The molecule has 2 rings (SSSR count). The zero-order valence-corrected chi connectivity index (χ0v) is 9.46. The summed E-state index contributed by atoms with van der Waals surface area (Å²) in [5.41, 5.74) is -0.0739. The Morgan fingerprint density at radius 2 is 2.27 bits per heavy atom. The van der Waals surface area contributed by atoms with E-state index in [0.29, 0.717) is 4.24 Å². The third kappa shape index (κ3) is 1.37. The summed E-state index contributed by atoms with van der Waals surface area (Å²) in [6, 6.07) is 0. The molecule has 0 aromatic carbocycles. The van der Waals surface area contributed by atoms with Gasteiger partial charge in [-0.3, -0.25) is 9.69 Å². The first-order valence-corrected chi connectivity index (χ1v) is 5.62. The highest BCUT2D eigenvalue weighted by Crippen LogP contribution is 2.51. The van der Waals surface area contributed by atoms with Crippen molar-refractivity contribution in [1.82, 2.24) is 4.90 Å². The predicted molar refractivity (Wildman–Crippen MR) is 57.0 cm³/mol. The van der Waals surface area contributed by atoms with E-state index in [1.807, 2.05) is 0 Å². The van der Waals surface area contributed by atoms with Crippen LogP contribution in [0.3, 0.4) is 0 Å². The molecule has 15 heavy (non-hydrogen) atoms. The van der Waals surface area contributed by atoms with Crippen LogP contribution in [-0.4, -0.2) is 38.5 Å². The van der Waals surface area contributed by atoms with Crippen LogP contribution in [0, 0.1) is 5.92 Å². The number of amides is 1. The molecule has 2 N–H and O–H groups in total. The number of carbonyl (C=O) groups excluding carboxylic acids is 1. The first kappa shape index (κ1) is 10.8. The fraction of sp³-hybridized carbons (Fsp3) is 0.500. The Balaban J connectivity index is 2.27. The number of thioether (sulfide) groups is 1. The van der Waals surface area contributed by atoms with E-state index in [9.17, 15) is 14.7 Å². The number of rotatable bonds is 2. The number of aliphatic carboxylic acids is 1. The topological polar surface area (TPSA) is 77.8 Å². The van der Waals surface area contributed by atoms with E-state index >= 15 is 0 Å². The fourth-order valence-electron chi connectivity index (χ4n) is 1.76. The van der Waals surface area contributed by atoms with Gasteiger partial charge in [0.05, 0.1) is 16.3 Å². The van der Waals surface area contributed by atoms with Crippen LogP contribution in [0.1, 0.15) is 6.92 Å². The van der Waals surface area contributed by atoms with Gasteiger partial charge in [0.25, 0.3) is 0 Å². The molecule has 5 nitrogen and oxygen atoms in total. The van der Waals surface area contributed by atoms with Crippen LogP contribution in [-0.2, 0) is 9.59 Å². The number of aliphatic hydroxyl groups is 1. The molecule has 82 valence electrons. The van der Waals surface area contributed by atoms with Gasteiger partial charge in [0, 0.05) is 0 Å². The van der Waals surface area contributed by atoms with Crippen molar-refractivity contribution in [2.24, 2.45) is 5.92 Å². The van der Waals surface area contributed by atoms with E-state index < -0.39 is 18.0 Å². The van der Waals surface area contributed by atoms with Crippen molar-refractivity contribution in [3.8, 4) is 0 Å². The van der Waals surface area contributed by atoms with Crippen molar-refractivity contribution < 1.29 is 19.8 Å². The third-order valence-electron chi connectivity index (χ3n) is 2.48. The highest BCUT2D eigenvalue weighted by molar-refractivity contribution is 8.16. The molecule has 2 aliphatic rings. The Bertz CT molecular complexity index is 379. The molecular weight excluding hydrogens is 238 g/mol. The number of carboxylic acid groups (broad SMARTS) is 1. The maximum atomic E-state index is 11.6. The molecule has 0 aromatic heterocycles. The number of carbonyl (C=O) groups is 2. The molecule has 0 saturated carbocycles. The van der Waals surface area contributed by atoms with Crippen LogP contribution in [0.25, 0.3) is 0 Å². The average molecular weight is 247 g/mol. The molecule has 0 aliphatic carbocycles. The molecule has 1 saturated heterocycles. The number of aliphatic hydroxyl groups excluding tert-OH is 1. The van der Waals surface area contributed by atoms with Gasteiger partial charge < -0.3 is 10.2 Å². The largest absolute Gasteiger partial charge is 0.477 e. The number of carboxylic acids is 1. The predicted octanol–water partition coefficient (Wildman–Crippen LogP) is 0.0820. The quantitative estimate of drug-likeness (QED) is 0.476. The Hall–Kier alpha value is -0.660. The maximum Gasteiger partial charge on any atom is 0.354 e. The van der Waals surface area contributed by atoms with Crippen molar-refractivity contribution >= 4 is 36.3 Å². The van der Waals surface area contributed by atoms with Gasteiger partial charge >= 0.3 is 5.97 Å². The lowest BCUT2D eigenvalue weighted by Gasteiger charge is -2.43. The molecule has 0 aromatic rings. The van der Waals surface area contributed by atoms with Crippen LogP contribution >= 0.6 is 24.4 Å². The summed E-state index contributed by atoms with van der Waals surface area (Å²) in [4.78, 5) is 23.6. The first-order valence-electron chi connectivity index (χ1n) is 4.29. The van der Waals surface area contributed by atoms with Gasteiger partial charge in [-0.05, 0) is 6.92 Å². The van der Waals surface area contributed by atoms with Crippen LogP contribution in [0.5, 0.6) is 0 Å². The van der Waals surface area contributed by atoms with Crippen molar-refractivity contribution in [1.29, 1.82) is 0 Å². The van der Waals surface area contributed by atoms with Crippen LogP contribution in [0.4, 0.5) is 0 Å². The molecule has 0 spiro atoms. The maximum absolute atomic E-state index is 11.6. The lowest BCUT2D eigenvalue weighted by Crippen LogP contribution is -2.60. The minimum Gasteiger partial charge on any atom is -0.477 e. The SMILES string of the molecule is C[C@H](O)[C@@H]1C(=O)N2C(C(=O)O)=C(S)S[C@H]12. The van der Waals surface area contributed by atoms with E-state index in [1.165, 1.54) is 23.6 Å². The summed E-state index contributed by atoms with van der Waals surface area (Å²) >= 11 is 5.22. The number of nitrogens with zero attached hydrogens (tertiary/aromatic N) is 1. The summed E-state index contributed by atoms with van der Waals surface area (Å²) in [6.07, 6.45) is -0.763. The number of fused-ring (bicyclic) bond motifs is 1. The summed E-state index contributed by atoms with van der Waals surface area (Å²) in [6.45, 7) is 1.53. The van der Waals surface area contributed by atoms with Gasteiger partial charge in [0.1, 0.15) is 5.37 Å². The molecule has 0 unspecified atom stereocenters. The van der Waals surface area contributed by atoms with Crippen LogP contribution in [0.2, 0.25) is 0 Å². The minimum absolute atomic E-state index is 0.0739. The second-order valence-electron chi connectivity index (χ2n) is 3.44. The number of thiol groups is 1. The third-order valence-corrected chi connectivity index (χ3v) is 4.17. The standard InChI is InChI=1S/C8H9NO4S2/c1-2(10)3-5(11)9-4(7(12)13)8(14)15-6(3)9/h2-3,6,10,14H,1H3,(H,12,13)/t2-,3+,6+/m0/s1. The second-order valence-corrected chi connectivity index (χ2v) is 5.32. The van der Waals surface area contributed by atoms with Gasteiger partial charge in [-0.25, -0.2) is 4.79 Å². The molecular formula is C8H9NO4S2. The van der Waals surface area contributed by atoms with Crippen molar-refractivity contribution in [2.75, 3.05) is 0 Å². The molecule has 0 bridgehead atoms. The summed E-state index contributed by atoms with van der Waals surface area (Å²) in [5.74, 6) is -2.02. The van der Waals surface area contributed by atoms with Crippen LogP contribution < -0.4 is 0 Å². The number of hydrogen-bond donors (Lipinski definition) is 3. The lowest BCUT2D eigenvalue weighted by molar-refractivity contribution is -0.156. The second kappa shape index (κ2) is 3.43. The van der Waals surface area contributed by atoms with Gasteiger partial charge in [-0.1, -0.05) is 11.8 Å². The molecule has 1 amide bonds. The summed E-state index contributed by atoms with van der Waals surface area (Å²) in [7, 11) is 0. The zero-order valence-electron chi connectivity index (χ0n) is 7.75. The van der Waals surface area contributed by atoms with Gasteiger partial charge in [-0.2, -0.15) is 0 Å². The monoisotopic (exact) mass is 247 g/mol. The highest BCUT2D eigenvalue weighted by Gasteiger charge is 2.57. The van der Waals surface area contributed by atoms with E-state index in [1.54, 1.807) is 0 Å². The lowest BCUT2D eigenvalue weighted by atomic mass is 9.92. The summed E-state index contributed by atoms with van der Waals surface area (Å²) < 4.78 is 0.323. The fourth-order valence-corrected chi connectivity index (χ4v) is 3.62. The van der Waals surface area contributed by atoms with Crippen molar-refractivity contribution in [3.05, 3.63) is 9.93 Å². The smallest absolute Gasteiger partial charge is 0.354 e. The normalized spacial score (nSPS) is 31.4.